The second kappa shape index (κ2) is 4.85. The first-order valence-electron chi connectivity index (χ1n) is 6.59. The zero-order chi connectivity index (χ0) is 12.4. The van der Waals surface area contributed by atoms with Crippen molar-refractivity contribution in [2.24, 2.45) is 0 Å². The SMILES string of the molecule is [CH2]CC(c1ccccc1)N1CCc2ccccc21. The molecule has 3 rings (SSSR count). The minimum atomic E-state index is 0.398. The van der Waals surface area contributed by atoms with E-state index in [-0.39, 0.29) is 0 Å². The number of rotatable bonds is 3. The number of hydrogen-bond donors (Lipinski definition) is 0. The molecule has 1 unspecified atom stereocenters. The summed E-state index contributed by atoms with van der Waals surface area (Å²) < 4.78 is 0. The summed E-state index contributed by atoms with van der Waals surface area (Å²) in [6.45, 7) is 5.24. The van der Waals surface area contributed by atoms with Crippen molar-refractivity contribution < 1.29 is 0 Å². The summed E-state index contributed by atoms with van der Waals surface area (Å²) >= 11 is 0. The molecule has 18 heavy (non-hydrogen) atoms. The van der Waals surface area contributed by atoms with Crippen LogP contribution in [0.15, 0.2) is 54.6 Å². The molecular weight excluding hydrogens is 218 g/mol. The number of benzene rings is 2. The van der Waals surface area contributed by atoms with Gasteiger partial charge in [-0.3, -0.25) is 0 Å². The first-order chi connectivity index (χ1) is 8.90. The molecule has 1 nitrogen and oxygen atoms in total. The maximum absolute atomic E-state index is 4.14. The van der Waals surface area contributed by atoms with E-state index < -0.39 is 0 Å². The van der Waals surface area contributed by atoms with E-state index in [0.717, 1.165) is 19.4 Å². The van der Waals surface area contributed by atoms with Gasteiger partial charge in [0, 0.05) is 12.2 Å². The molecule has 1 radical (unpaired) electrons. The lowest BCUT2D eigenvalue weighted by Gasteiger charge is -2.30. The van der Waals surface area contributed by atoms with Crippen molar-refractivity contribution in [1.82, 2.24) is 0 Å². The summed E-state index contributed by atoms with van der Waals surface area (Å²) in [5.74, 6) is 0. The molecular formula is C17H18N. The zero-order valence-electron chi connectivity index (χ0n) is 10.5. The fourth-order valence-electron chi connectivity index (χ4n) is 2.87. The summed E-state index contributed by atoms with van der Waals surface area (Å²) in [6, 6.07) is 19.8. The van der Waals surface area contributed by atoms with E-state index in [4.69, 9.17) is 0 Å². The lowest BCUT2D eigenvalue weighted by molar-refractivity contribution is 0.646. The molecule has 1 aliphatic heterocycles. The van der Waals surface area contributed by atoms with E-state index in [0.29, 0.717) is 6.04 Å². The van der Waals surface area contributed by atoms with Gasteiger partial charge in [0.15, 0.2) is 0 Å². The van der Waals surface area contributed by atoms with Gasteiger partial charge in [-0.25, -0.2) is 0 Å². The first-order valence-corrected chi connectivity index (χ1v) is 6.59. The normalized spacial score (nSPS) is 15.5. The van der Waals surface area contributed by atoms with Gasteiger partial charge in [-0.05, 0) is 30.0 Å². The van der Waals surface area contributed by atoms with Crippen molar-refractivity contribution in [2.75, 3.05) is 11.4 Å². The summed E-state index contributed by atoms with van der Waals surface area (Å²) in [5.41, 5.74) is 4.21. The van der Waals surface area contributed by atoms with E-state index in [1.165, 1.54) is 16.8 Å². The molecule has 2 aromatic carbocycles. The van der Waals surface area contributed by atoms with Gasteiger partial charge in [0.1, 0.15) is 0 Å². The third kappa shape index (κ3) is 1.90. The Morgan fingerprint density at radius 2 is 1.72 bits per heavy atom. The number of anilines is 1. The standard InChI is InChI=1S/C17H18N/c1-2-16(14-8-4-3-5-9-14)18-13-12-15-10-6-7-11-17(15)18/h3-11,16H,1-2,12-13H2. The number of hydrogen-bond acceptors (Lipinski definition) is 1. The molecule has 1 aliphatic rings. The fourth-order valence-corrected chi connectivity index (χ4v) is 2.87. The number of fused-ring (bicyclic) bond motifs is 1. The van der Waals surface area contributed by atoms with Crippen LogP contribution in [0.2, 0.25) is 0 Å². The Hall–Kier alpha value is -1.76. The molecule has 0 spiro atoms. The predicted octanol–water partition coefficient (Wildman–Crippen LogP) is 4.01. The van der Waals surface area contributed by atoms with Gasteiger partial charge in [0.05, 0.1) is 6.04 Å². The lowest BCUT2D eigenvalue weighted by atomic mass is 10.0. The van der Waals surface area contributed by atoms with Crippen LogP contribution in [0.5, 0.6) is 0 Å². The van der Waals surface area contributed by atoms with Crippen LogP contribution in [0.25, 0.3) is 0 Å². The monoisotopic (exact) mass is 236 g/mol. The Balaban J connectivity index is 1.95. The summed E-state index contributed by atoms with van der Waals surface area (Å²) in [4.78, 5) is 2.50. The summed E-state index contributed by atoms with van der Waals surface area (Å²) in [6.07, 6.45) is 2.05. The highest BCUT2D eigenvalue weighted by atomic mass is 15.2. The molecule has 0 amide bonds. The van der Waals surface area contributed by atoms with E-state index >= 15 is 0 Å². The van der Waals surface area contributed by atoms with E-state index in [1.807, 2.05) is 0 Å². The van der Waals surface area contributed by atoms with Crippen molar-refractivity contribution in [2.45, 2.75) is 18.9 Å². The van der Waals surface area contributed by atoms with E-state index in [2.05, 4.69) is 66.4 Å². The molecule has 0 saturated heterocycles. The fraction of sp³-hybridized carbons (Fsp3) is 0.235. The smallest absolute Gasteiger partial charge is 0.0542 e. The van der Waals surface area contributed by atoms with Gasteiger partial charge in [-0.15, -0.1) is 0 Å². The van der Waals surface area contributed by atoms with Crippen LogP contribution < -0.4 is 4.90 Å². The molecule has 0 saturated carbocycles. The second-order valence-electron chi connectivity index (χ2n) is 4.79. The van der Waals surface area contributed by atoms with Crippen molar-refractivity contribution >= 4 is 5.69 Å². The minimum Gasteiger partial charge on any atom is -0.364 e. The molecule has 0 fully saturated rings. The molecule has 0 aliphatic carbocycles. The van der Waals surface area contributed by atoms with Crippen molar-refractivity contribution in [3.8, 4) is 0 Å². The molecule has 91 valence electrons. The van der Waals surface area contributed by atoms with Crippen molar-refractivity contribution in [1.29, 1.82) is 0 Å². The largest absolute Gasteiger partial charge is 0.364 e. The Bertz CT molecular complexity index is 518. The Kier molecular flexibility index (Phi) is 3.06. The van der Waals surface area contributed by atoms with Crippen LogP contribution in [0.3, 0.4) is 0 Å². The van der Waals surface area contributed by atoms with Crippen LogP contribution >= 0.6 is 0 Å². The van der Waals surface area contributed by atoms with Gasteiger partial charge in [0.2, 0.25) is 0 Å². The highest BCUT2D eigenvalue weighted by Crippen LogP contribution is 2.36. The number of nitrogens with zero attached hydrogens (tertiary/aromatic N) is 1. The van der Waals surface area contributed by atoms with Crippen LogP contribution in [0, 0.1) is 6.92 Å². The lowest BCUT2D eigenvalue weighted by Crippen LogP contribution is -2.26. The van der Waals surface area contributed by atoms with E-state index in [1.54, 1.807) is 0 Å². The number of para-hydroxylation sites is 1. The third-order valence-electron chi connectivity index (χ3n) is 3.76. The maximum Gasteiger partial charge on any atom is 0.0542 e. The molecule has 1 atom stereocenters. The Morgan fingerprint density at radius 1 is 1.00 bits per heavy atom. The van der Waals surface area contributed by atoms with Gasteiger partial charge in [-0.1, -0.05) is 55.5 Å². The first kappa shape index (κ1) is 11.3. The zero-order valence-corrected chi connectivity index (χ0v) is 10.5. The van der Waals surface area contributed by atoms with Crippen LogP contribution in [0.4, 0.5) is 5.69 Å². The van der Waals surface area contributed by atoms with Crippen molar-refractivity contribution in [3.63, 3.8) is 0 Å². The highest BCUT2D eigenvalue weighted by molar-refractivity contribution is 5.59. The van der Waals surface area contributed by atoms with Crippen LogP contribution in [0.1, 0.15) is 23.6 Å². The van der Waals surface area contributed by atoms with Gasteiger partial charge >= 0.3 is 0 Å². The second-order valence-corrected chi connectivity index (χ2v) is 4.79. The maximum atomic E-state index is 4.14. The average molecular weight is 236 g/mol. The summed E-state index contributed by atoms with van der Waals surface area (Å²) in [7, 11) is 0. The molecule has 0 bridgehead atoms. The van der Waals surface area contributed by atoms with Gasteiger partial charge in [0.25, 0.3) is 0 Å². The van der Waals surface area contributed by atoms with Crippen LogP contribution in [-0.4, -0.2) is 6.54 Å². The van der Waals surface area contributed by atoms with Gasteiger partial charge < -0.3 is 4.90 Å². The topological polar surface area (TPSA) is 3.24 Å². The third-order valence-corrected chi connectivity index (χ3v) is 3.76. The molecule has 0 N–H and O–H groups in total. The minimum absolute atomic E-state index is 0.398. The quantitative estimate of drug-likeness (QED) is 0.778. The Morgan fingerprint density at radius 3 is 2.50 bits per heavy atom. The molecule has 1 heterocycles. The van der Waals surface area contributed by atoms with E-state index in [9.17, 15) is 0 Å². The Labute approximate surface area is 109 Å². The molecule has 1 heteroatoms. The predicted molar refractivity (Wildman–Crippen MR) is 76.6 cm³/mol. The van der Waals surface area contributed by atoms with Crippen molar-refractivity contribution in [3.05, 3.63) is 72.6 Å². The van der Waals surface area contributed by atoms with Crippen LogP contribution in [-0.2, 0) is 6.42 Å². The molecule has 2 aromatic rings. The average Bonchev–Trinajstić information content (AvgIpc) is 2.85. The van der Waals surface area contributed by atoms with Gasteiger partial charge in [-0.2, -0.15) is 0 Å². The molecule has 0 aromatic heterocycles. The summed E-state index contributed by atoms with van der Waals surface area (Å²) in [5, 5.41) is 0. The highest BCUT2D eigenvalue weighted by Gasteiger charge is 2.25.